The molecule has 11 unspecified atom stereocenters. The quantitative estimate of drug-likeness (QED) is 0.0723. The summed E-state index contributed by atoms with van der Waals surface area (Å²) in [5.41, 5.74) is 0. The lowest BCUT2D eigenvalue weighted by Gasteiger charge is -2.52. The van der Waals surface area contributed by atoms with Gasteiger partial charge in [0.1, 0.15) is 42.7 Å². The number of carbonyl (C=O) groups excluding carboxylic acids is 1. The molecule has 0 bridgehead atoms. The van der Waals surface area contributed by atoms with Crippen LogP contribution in [-0.2, 0) is 42.7 Å². The molecule has 19 heteroatoms. The summed E-state index contributed by atoms with van der Waals surface area (Å²) in [7, 11) is 2.96. The van der Waals surface area contributed by atoms with Crippen molar-refractivity contribution < 1.29 is 93.8 Å². The number of carbonyl (C=O) groups is 1. The number of methoxy groups -OCH3 is 2. The monoisotopic (exact) mass is 822 g/mol. The molecule has 0 aromatic carbocycles. The number of ether oxygens (including phenoxy) is 8. The fourth-order valence-electron chi connectivity index (χ4n) is 9.46. The summed E-state index contributed by atoms with van der Waals surface area (Å²) in [6, 6.07) is 0. The van der Waals surface area contributed by atoms with Crippen LogP contribution in [0.2, 0.25) is 0 Å². The first-order valence-electron chi connectivity index (χ1n) is 20.1. The number of fused-ring (bicyclic) bond motifs is 1. The van der Waals surface area contributed by atoms with Gasteiger partial charge in [-0.05, 0) is 70.1 Å². The molecule has 0 aromatic heterocycles. The Bertz CT molecular complexity index is 1310. The van der Waals surface area contributed by atoms with Crippen LogP contribution in [0.1, 0.15) is 58.3 Å². The Balaban J connectivity index is 1.09. The predicted octanol–water partition coefficient (Wildman–Crippen LogP) is -3.26. The highest BCUT2D eigenvalue weighted by atomic mass is 16.7. The molecule has 3 heterocycles. The number of aliphatic hydroxyl groups excluding tert-OH is 10. The number of hydrogen-bond donors (Lipinski definition) is 10. The van der Waals surface area contributed by atoms with Gasteiger partial charge in [-0.2, -0.15) is 0 Å². The fraction of sp³-hybridized carbons (Fsp3) is 0.921. The third-order valence-electron chi connectivity index (χ3n) is 12.9. The van der Waals surface area contributed by atoms with Gasteiger partial charge in [-0.1, -0.05) is 6.08 Å². The van der Waals surface area contributed by atoms with E-state index in [1.54, 1.807) is 6.08 Å². The molecule has 6 fully saturated rings. The summed E-state index contributed by atoms with van der Waals surface area (Å²) in [6.45, 7) is 0.981. The van der Waals surface area contributed by atoms with Crippen molar-refractivity contribution in [1.82, 2.24) is 0 Å². The third-order valence-corrected chi connectivity index (χ3v) is 12.9. The molecule has 3 aliphatic carbocycles. The van der Waals surface area contributed by atoms with E-state index in [-0.39, 0.29) is 37.5 Å². The maximum Gasteiger partial charge on any atom is 0.330 e. The molecule has 3 saturated carbocycles. The largest absolute Gasteiger partial charge is 0.454 e. The average molecular weight is 823 g/mol. The molecule has 19 nitrogen and oxygen atoms in total. The molecular weight excluding hydrogens is 760 g/mol. The van der Waals surface area contributed by atoms with Crippen LogP contribution in [-0.4, -0.2) is 200 Å². The van der Waals surface area contributed by atoms with Crippen molar-refractivity contribution in [2.45, 2.75) is 181 Å². The van der Waals surface area contributed by atoms with Crippen LogP contribution in [0.5, 0.6) is 0 Å². The SMILES string of the molecule is COC1CC(C2OC3CC(O)CC(O)C3CC2O[C@@H]2O[C@H](CO[C@@H]3O[C@@H](C)[C@H](OC(=O)C=CC4CCC(O)C(O)C4)[C@@H](O)[C@H]3O)[C@@H](O)[C@H](O)[C@H]2O)CC(OC)C1O. The van der Waals surface area contributed by atoms with E-state index < -0.39 is 141 Å². The summed E-state index contributed by atoms with van der Waals surface area (Å²) >= 11 is 0. The molecule has 57 heavy (non-hydrogen) atoms. The van der Waals surface area contributed by atoms with E-state index in [0.29, 0.717) is 25.7 Å². The summed E-state index contributed by atoms with van der Waals surface area (Å²) in [5, 5.41) is 106. The highest BCUT2D eigenvalue weighted by Gasteiger charge is 2.54. The highest BCUT2D eigenvalue weighted by molar-refractivity contribution is 5.82. The Hall–Kier alpha value is -1.47. The van der Waals surface area contributed by atoms with Gasteiger partial charge in [0.2, 0.25) is 0 Å². The second kappa shape index (κ2) is 19.5. The van der Waals surface area contributed by atoms with Gasteiger partial charge in [-0.3, -0.25) is 0 Å². The molecule has 6 aliphatic rings. The van der Waals surface area contributed by atoms with Gasteiger partial charge in [0.15, 0.2) is 18.7 Å². The Labute approximate surface area is 331 Å². The Morgan fingerprint density at radius 1 is 0.667 bits per heavy atom. The predicted molar refractivity (Wildman–Crippen MR) is 191 cm³/mol. The first kappa shape index (κ1) is 45.1. The van der Waals surface area contributed by atoms with Crippen molar-refractivity contribution in [3.05, 3.63) is 12.2 Å². The number of esters is 1. The number of hydrogen-bond acceptors (Lipinski definition) is 19. The Morgan fingerprint density at radius 3 is 2.02 bits per heavy atom. The van der Waals surface area contributed by atoms with Crippen LogP contribution < -0.4 is 0 Å². The molecule has 3 saturated heterocycles. The maximum absolute atomic E-state index is 12.6. The van der Waals surface area contributed by atoms with Gasteiger partial charge in [0.05, 0.1) is 67.6 Å². The van der Waals surface area contributed by atoms with Gasteiger partial charge in [0, 0.05) is 26.2 Å². The van der Waals surface area contributed by atoms with E-state index in [1.165, 1.54) is 21.1 Å². The topological polar surface area (TPSA) is 293 Å². The summed E-state index contributed by atoms with van der Waals surface area (Å²) in [5.74, 6) is -1.71. The second-order valence-corrected chi connectivity index (χ2v) is 16.7. The molecule has 0 radical (unpaired) electrons. The van der Waals surface area contributed by atoms with E-state index in [1.807, 2.05) is 0 Å². The van der Waals surface area contributed by atoms with Crippen molar-refractivity contribution in [3.8, 4) is 0 Å². The Morgan fingerprint density at radius 2 is 1.35 bits per heavy atom. The second-order valence-electron chi connectivity index (χ2n) is 16.7. The van der Waals surface area contributed by atoms with Crippen LogP contribution >= 0.6 is 0 Å². The summed E-state index contributed by atoms with van der Waals surface area (Å²) in [6.07, 6.45) is -17.4. The zero-order valence-corrected chi connectivity index (χ0v) is 32.4. The molecule has 0 amide bonds. The van der Waals surface area contributed by atoms with Crippen LogP contribution in [0.15, 0.2) is 12.2 Å². The van der Waals surface area contributed by atoms with Crippen LogP contribution in [0.4, 0.5) is 0 Å². The molecule has 3 aliphatic heterocycles. The van der Waals surface area contributed by atoms with E-state index in [0.717, 1.165) is 6.08 Å². The third kappa shape index (κ3) is 10.2. The lowest BCUT2D eigenvalue weighted by molar-refractivity contribution is -0.346. The zero-order valence-electron chi connectivity index (χ0n) is 32.4. The van der Waals surface area contributed by atoms with Gasteiger partial charge >= 0.3 is 5.97 Å². The standard InChI is InChI=1S/C38H62O19/c1-15-35(57-28(43)7-5-16-4-6-20(40)22(42)8-16)32(47)34(49)37(53-15)52-14-27-30(45)31(46)33(48)38(56-27)55-26-13-19-21(41)11-18(39)12-23(19)54-36(26)17-9-24(50-2)29(44)25(10-17)51-3/h5,7,15-27,29-42,44-49H,4,6,8-14H2,1-3H3/t15-,16?,17?,18?,19?,20?,21?,22?,23?,24?,25?,26?,27+,29?,30+,31-,32-,33+,34+,35-,36?,37+,38+/m0/s1. The summed E-state index contributed by atoms with van der Waals surface area (Å²) in [4.78, 5) is 12.6. The molecule has 0 spiro atoms. The van der Waals surface area contributed by atoms with E-state index in [4.69, 9.17) is 37.9 Å². The lowest BCUT2D eigenvalue weighted by atomic mass is 9.72. The van der Waals surface area contributed by atoms with Crippen molar-refractivity contribution >= 4 is 5.97 Å². The Kier molecular flexibility index (Phi) is 15.4. The maximum atomic E-state index is 12.6. The minimum absolute atomic E-state index is 0.142. The highest BCUT2D eigenvalue weighted by Crippen LogP contribution is 2.44. The van der Waals surface area contributed by atoms with Crippen LogP contribution in [0, 0.1) is 17.8 Å². The van der Waals surface area contributed by atoms with Gasteiger partial charge in [-0.25, -0.2) is 4.79 Å². The smallest absolute Gasteiger partial charge is 0.330 e. The average Bonchev–Trinajstić information content (AvgIpc) is 3.18. The minimum atomic E-state index is -1.77. The first-order valence-corrected chi connectivity index (χ1v) is 20.1. The molecule has 0 aromatic rings. The van der Waals surface area contributed by atoms with Crippen LogP contribution in [0.3, 0.4) is 0 Å². The lowest BCUT2D eigenvalue weighted by Crippen LogP contribution is -2.63. The number of rotatable bonds is 11. The fourth-order valence-corrected chi connectivity index (χ4v) is 9.46. The number of aliphatic hydroxyl groups is 10. The first-order chi connectivity index (χ1) is 27.1. The van der Waals surface area contributed by atoms with Crippen LogP contribution in [0.25, 0.3) is 0 Å². The normalized spacial score (nSPS) is 51.0. The molecule has 10 N–H and O–H groups in total. The van der Waals surface area contributed by atoms with Crippen molar-refractivity contribution in [2.24, 2.45) is 17.8 Å². The van der Waals surface area contributed by atoms with Crippen molar-refractivity contribution in [3.63, 3.8) is 0 Å². The molecule has 21 atom stereocenters. The van der Waals surface area contributed by atoms with Gasteiger partial charge in [0.25, 0.3) is 0 Å². The van der Waals surface area contributed by atoms with Crippen molar-refractivity contribution in [2.75, 3.05) is 20.8 Å². The molecular formula is C38H62O19. The van der Waals surface area contributed by atoms with E-state index in [2.05, 4.69) is 0 Å². The zero-order chi connectivity index (χ0) is 41.3. The van der Waals surface area contributed by atoms with Gasteiger partial charge in [-0.15, -0.1) is 0 Å². The van der Waals surface area contributed by atoms with Gasteiger partial charge < -0.3 is 89.0 Å². The van der Waals surface area contributed by atoms with E-state index >= 15 is 0 Å². The van der Waals surface area contributed by atoms with E-state index in [9.17, 15) is 55.9 Å². The number of allylic oxidation sites excluding steroid dienone is 1. The van der Waals surface area contributed by atoms with Crippen molar-refractivity contribution in [1.29, 1.82) is 0 Å². The molecule has 6 rings (SSSR count). The summed E-state index contributed by atoms with van der Waals surface area (Å²) < 4.78 is 46.9. The molecule has 328 valence electrons. The minimum Gasteiger partial charge on any atom is -0.454 e.